The van der Waals surface area contributed by atoms with Gasteiger partial charge in [0.1, 0.15) is 11.5 Å². The average Bonchev–Trinajstić information content (AvgIpc) is 2.74. The molecule has 0 spiro atoms. The SMILES string of the molecule is COc1ccc(C(C)NC(=O)CSc2nccnc2Oc2ccccc2)cc1. The number of hydrogen-bond acceptors (Lipinski definition) is 6. The number of para-hydroxylation sites is 1. The maximum Gasteiger partial charge on any atom is 0.252 e. The predicted molar refractivity (Wildman–Crippen MR) is 109 cm³/mol. The molecule has 1 N–H and O–H groups in total. The van der Waals surface area contributed by atoms with Crippen LogP contribution in [-0.4, -0.2) is 28.7 Å². The molecule has 7 heteroatoms. The quantitative estimate of drug-likeness (QED) is 0.575. The van der Waals surface area contributed by atoms with Crippen LogP contribution in [-0.2, 0) is 4.79 Å². The van der Waals surface area contributed by atoms with Crippen LogP contribution in [0, 0.1) is 0 Å². The summed E-state index contributed by atoms with van der Waals surface area (Å²) in [6, 6.07) is 16.9. The highest BCUT2D eigenvalue weighted by Gasteiger charge is 2.14. The summed E-state index contributed by atoms with van der Waals surface area (Å²) >= 11 is 1.29. The van der Waals surface area contributed by atoms with E-state index in [0.29, 0.717) is 16.7 Å². The smallest absolute Gasteiger partial charge is 0.252 e. The fourth-order valence-electron chi connectivity index (χ4n) is 2.47. The first-order valence-electron chi connectivity index (χ1n) is 8.75. The molecule has 6 nitrogen and oxygen atoms in total. The summed E-state index contributed by atoms with van der Waals surface area (Å²) in [7, 11) is 1.62. The second-order valence-electron chi connectivity index (χ2n) is 5.93. The van der Waals surface area contributed by atoms with Crippen molar-refractivity contribution in [3.63, 3.8) is 0 Å². The number of hydrogen-bond donors (Lipinski definition) is 1. The highest BCUT2D eigenvalue weighted by molar-refractivity contribution is 8.00. The van der Waals surface area contributed by atoms with Gasteiger partial charge in [-0.2, -0.15) is 0 Å². The van der Waals surface area contributed by atoms with E-state index >= 15 is 0 Å². The first kappa shape index (κ1) is 19.7. The number of rotatable bonds is 8. The molecule has 0 aliphatic heterocycles. The van der Waals surface area contributed by atoms with Crippen LogP contribution in [0.3, 0.4) is 0 Å². The van der Waals surface area contributed by atoms with E-state index < -0.39 is 0 Å². The van der Waals surface area contributed by atoms with Crippen LogP contribution in [0.5, 0.6) is 17.4 Å². The molecular formula is C21H21N3O3S. The zero-order valence-corrected chi connectivity index (χ0v) is 16.5. The molecule has 3 aromatic rings. The predicted octanol–water partition coefficient (Wildman–Crippen LogP) is 4.25. The van der Waals surface area contributed by atoms with Crippen LogP contribution in [0.2, 0.25) is 0 Å². The minimum absolute atomic E-state index is 0.0929. The second-order valence-corrected chi connectivity index (χ2v) is 6.90. The Morgan fingerprint density at radius 2 is 1.75 bits per heavy atom. The van der Waals surface area contributed by atoms with E-state index in [1.807, 2.05) is 61.5 Å². The lowest BCUT2D eigenvalue weighted by atomic mass is 10.1. The van der Waals surface area contributed by atoms with Gasteiger partial charge in [-0.05, 0) is 36.8 Å². The number of ether oxygens (including phenoxy) is 2. The number of carbonyl (C=O) groups is 1. The number of amides is 1. The molecule has 1 heterocycles. The lowest BCUT2D eigenvalue weighted by Crippen LogP contribution is -2.28. The van der Waals surface area contributed by atoms with Crippen molar-refractivity contribution in [2.24, 2.45) is 0 Å². The summed E-state index contributed by atoms with van der Waals surface area (Å²) in [6.07, 6.45) is 3.15. The van der Waals surface area contributed by atoms with Crippen LogP contribution in [0.4, 0.5) is 0 Å². The van der Waals surface area contributed by atoms with Gasteiger partial charge in [0.15, 0.2) is 5.03 Å². The molecule has 1 atom stereocenters. The Morgan fingerprint density at radius 1 is 1.04 bits per heavy atom. The molecule has 1 amide bonds. The van der Waals surface area contributed by atoms with Gasteiger partial charge in [0.25, 0.3) is 5.88 Å². The third kappa shape index (κ3) is 5.47. The number of thioether (sulfide) groups is 1. The van der Waals surface area contributed by atoms with Crippen LogP contribution in [0.15, 0.2) is 72.0 Å². The van der Waals surface area contributed by atoms with E-state index in [2.05, 4.69) is 15.3 Å². The lowest BCUT2D eigenvalue weighted by Gasteiger charge is -2.15. The Morgan fingerprint density at radius 3 is 2.46 bits per heavy atom. The van der Waals surface area contributed by atoms with Crippen molar-refractivity contribution in [3.8, 4) is 17.4 Å². The van der Waals surface area contributed by atoms with E-state index in [0.717, 1.165) is 11.3 Å². The van der Waals surface area contributed by atoms with Gasteiger partial charge in [-0.15, -0.1) is 0 Å². The average molecular weight is 395 g/mol. The van der Waals surface area contributed by atoms with E-state index in [4.69, 9.17) is 9.47 Å². The molecule has 0 radical (unpaired) electrons. The van der Waals surface area contributed by atoms with Crippen molar-refractivity contribution in [2.45, 2.75) is 18.0 Å². The largest absolute Gasteiger partial charge is 0.497 e. The fourth-order valence-corrected chi connectivity index (χ4v) is 3.18. The van der Waals surface area contributed by atoms with Gasteiger partial charge in [-0.25, -0.2) is 9.97 Å². The molecule has 0 bridgehead atoms. The summed E-state index contributed by atoms with van der Waals surface area (Å²) in [5.41, 5.74) is 1.01. The van der Waals surface area contributed by atoms with Crippen molar-refractivity contribution in [3.05, 3.63) is 72.6 Å². The van der Waals surface area contributed by atoms with Gasteiger partial charge in [-0.3, -0.25) is 4.79 Å². The van der Waals surface area contributed by atoms with Gasteiger partial charge in [0.05, 0.1) is 18.9 Å². The number of benzene rings is 2. The van der Waals surface area contributed by atoms with Gasteiger partial charge in [0.2, 0.25) is 5.91 Å². The number of nitrogens with one attached hydrogen (secondary N) is 1. The molecule has 1 aromatic heterocycles. The van der Waals surface area contributed by atoms with Crippen molar-refractivity contribution in [1.29, 1.82) is 0 Å². The van der Waals surface area contributed by atoms with Crippen molar-refractivity contribution >= 4 is 17.7 Å². The zero-order valence-electron chi connectivity index (χ0n) is 15.7. The standard InChI is InChI=1S/C21H21N3O3S/c1-15(16-8-10-17(26-2)11-9-16)24-19(25)14-28-21-20(22-12-13-23-21)27-18-6-4-3-5-7-18/h3-13,15H,14H2,1-2H3,(H,24,25). The number of nitrogens with zero attached hydrogens (tertiary/aromatic N) is 2. The summed E-state index contributed by atoms with van der Waals surface area (Å²) in [5, 5.41) is 3.55. The van der Waals surface area contributed by atoms with E-state index in [9.17, 15) is 4.79 Å². The van der Waals surface area contributed by atoms with Crippen LogP contribution in [0.25, 0.3) is 0 Å². The van der Waals surface area contributed by atoms with Crippen molar-refractivity contribution in [2.75, 3.05) is 12.9 Å². The van der Waals surface area contributed by atoms with Gasteiger partial charge in [-0.1, -0.05) is 42.1 Å². The molecule has 144 valence electrons. The Hall–Kier alpha value is -3.06. The molecule has 0 saturated heterocycles. The highest BCUT2D eigenvalue weighted by Crippen LogP contribution is 2.28. The number of aromatic nitrogens is 2. The van der Waals surface area contributed by atoms with E-state index in [1.54, 1.807) is 19.5 Å². The highest BCUT2D eigenvalue weighted by atomic mass is 32.2. The molecule has 0 fully saturated rings. The first-order valence-corrected chi connectivity index (χ1v) is 9.74. The van der Waals surface area contributed by atoms with Crippen LogP contribution < -0.4 is 14.8 Å². The molecule has 0 saturated carbocycles. The Balaban J connectivity index is 1.57. The molecule has 28 heavy (non-hydrogen) atoms. The molecule has 0 aliphatic carbocycles. The normalized spacial score (nSPS) is 11.5. The molecule has 0 aliphatic rings. The fraction of sp³-hybridized carbons (Fsp3) is 0.190. The van der Waals surface area contributed by atoms with Gasteiger partial charge >= 0.3 is 0 Å². The molecule has 2 aromatic carbocycles. The van der Waals surface area contributed by atoms with E-state index in [1.165, 1.54) is 11.8 Å². The molecule has 1 unspecified atom stereocenters. The summed E-state index contributed by atoms with van der Waals surface area (Å²) in [5.74, 6) is 1.96. The third-order valence-corrected chi connectivity index (χ3v) is 4.88. The van der Waals surface area contributed by atoms with Gasteiger partial charge in [0, 0.05) is 12.4 Å². The minimum atomic E-state index is -0.110. The zero-order chi connectivity index (χ0) is 19.8. The molecular weight excluding hydrogens is 374 g/mol. The van der Waals surface area contributed by atoms with Gasteiger partial charge < -0.3 is 14.8 Å². The number of carbonyl (C=O) groups excluding carboxylic acids is 1. The number of methoxy groups -OCH3 is 1. The van der Waals surface area contributed by atoms with E-state index in [-0.39, 0.29) is 17.7 Å². The summed E-state index contributed by atoms with van der Waals surface area (Å²) in [4.78, 5) is 20.9. The van der Waals surface area contributed by atoms with Crippen molar-refractivity contribution < 1.29 is 14.3 Å². The van der Waals surface area contributed by atoms with Crippen LogP contribution in [0.1, 0.15) is 18.5 Å². The monoisotopic (exact) mass is 395 g/mol. The summed E-state index contributed by atoms with van der Waals surface area (Å²) < 4.78 is 10.9. The first-order chi connectivity index (χ1) is 13.7. The topological polar surface area (TPSA) is 73.3 Å². The Labute approximate surface area is 168 Å². The Kier molecular flexibility index (Phi) is 6.86. The Bertz CT molecular complexity index is 904. The maximum atomic E-state index is 12.3. The van der Waals surface area contributed by atoms with Crippen molar-refractivity contribution in [1.82, 2.24) is 15.3 Å². The second kappa shape index (κ2) is 9.75. The maximum absolute atomic E-state index is 12.3. The molecule has 3 rings (SSSR count). The lowest BCUT2D eigenvalue weighted by molar-refractivity contribution is -0.119. The minimum Gasteiger partial charge on any atom is -0.497 e. The van der Waals surface area contributed by atoms with Crippen LogP contribution >= 0.6 is 11.8 Å². The summed E-state index contributed by atoms with van der Waals surface area (Å²) in [6.45, 7) is 1.94. The third-order valence-electron chi connectivity index (χ3n) is 3.92.